The van der Waals surface area contributed by atoms with E-state index in [1.807, 2.05) is 0 Å². The lowest BCUT2D eigenvalue weighted by Crippen LogP contribution is -2.35. The Labute approximate surface area is 103 Å². The van der Waals surface area contributed by atoms with Crippen LogP contribution in [0.25, 0.3) is 0 Å². The third-order valence-electron chi connectivity index (χ3n) is 4.95. The number of nitrogens with zero attached hydrogens (tertiary/aromatic N) is 1. The Hall–Kier alpha value is -0.0400. The van der Waals surface area contributed by atoms with Crippen molar-refractivity contribution in [3.63, 3.8) is 0 Å². The molecule has 0 bridgehead atoms. The van der Waals surface area contributed by atoms with Crippen molar-refractivity contribution in [1.29, 1.82) is 0 Å². The van der Waals surface area contributed by atoms with E-state index in [1.165, 1.54) is 32.1 Å². The van der Waals surface area contributed by atoms with Crippen molar-refractivity contribution in [2.75, 3.05) is 14.1 Å². The van der Waals surface area contributed by atoms with Crippen LogP contribution in [-0.4, -0.2) is 25.0 Å². The highest BCUT2D eigenvalue weighted by molar-refractivity contribution is 4.87. The second-order valence-corrected chi connectivity index (χ2v) is 6.85. The van der Waals surface area contributed by atoms with Gasteiger partial charge in [-0.3, -0.25) is 0 Å². The first-order chi connectivity index (χ1) is 7.34. The van der Waals surface area contributed by atoms with Crippen molar-refractivity contribution < 1.29 is 0 Å². The lowest BCUT2D eigenvalue weighted by molar-refractivity contribution is 0.0688. The van der Waals surface area contributed by atoms with Crippen LogP contribution in [0.5, 0.6) is 0 Å². The molecule has 16 heavy (non-hydrogen) atoms. The maximum absolute atomic E-state index is 2.48. The van der Waals surface area contributed by atoms with E-state index >= 15 is 0 Å². The van der Waals surface area contributed by atoms with E-state index in [0.29, 0.717) is 5.41 Å². The maximum Gasteiger partial charge on any atom is 0.00609 e. The number of hydrogen-bond acceptors (Lipinski definition) is 1. The Balaban J connectivity index is 2.49. The molecule has 1 saturated carbocycles. The zero-order valence-electron chi connectivity index (χ0n) is 12.2. The molecule has 1 fully saturated rings. The Morgan fingerprint density at radius 1 is 1.31 bits per heavy atom. The molecule has 1 aliphatic rings. The fourth-order valence-electron chi connectivity index (χ4n) is 3.39. The predicted molar refractivity (Wildman–Crippen MR) is 72.7 cm³/mol. The highest BCUT2D eigenvalue weighted by Crippen LogP contribution is 2.46. The topological polar surface area (TPSA) is 3.24 Å². The van der Waals surface area contributed by atoms with Gasteiger partial charge in [-0.05, 0) is 57.5 Å². The van der Waals surface area contributed by atoms with Crippen molar-refractivity contribution in [2.24, 2.45) is 17.3 Å². The number of rotatable bonds is 4. The molecule has 0 aromatic rings. The molecule has 0 N–H and O–H groups in total. The minimum Gasteiger partial charge on any atom is -0.307 e. The second kappa shape index (κ2) is 5.53. The third-order valence-corrected chi connectivity index (χ3v) is 4.95. The highest BCUT2D eigenvalue weighted by atomic mass is 15.1. The van der Waals surface area contributed by atoms with Crippen molar-refractivity contribution in [2.45, 2.75) is 65.8 Å². The summed E-state index contributed by atoms with van der Waals surface area (Å²) < 4.78 is 0. The molecular weight excluding hydrogens is 194 g/mol. The Morgan fingerprint density at radius 2 is 1.94 bits per heavy atom. The molecule has 3 atom stereocenters. The van der Waals surface area contributed by atoms with E-state index in [2.05, 4.69) is 46.7 Å². The molecule has 0 radical (unpaired) electrons. The van der Waals surface area contributed by atoms with Gasteiger partial charge >= 0.3 is 0 Å². The molecule has 0 saturated heterocycles. The van der Waals surface area contributed by atoms with Gasteiger partial charge in [-0.2, -0.15) is 0 Å². The van der Waals surface area contributed by atoms with E-state index in [0.717, 1.165) is 17.9 Å². The lowest BCUT2D eigenvalue weighted by atomic mass is 9.62. The molecule has 0 aliphatic heterocycles. The molecule has 0 heterocycles. The van der Waals surface area contributed by atoms with Gasteiger partial charge in [0.15, 0.2) is 0 Å². The van der Waals surface area contributed by atoms with E-state index < -0.39 is 0 Å². The monoisotopic (exact) mass is 225 g/mol. The van der Waals surface area contributed by atoms with Gasteiger partial charge in [0.05, 0.1) is 0 Å². The number of hydrogen-bond donors (Lipinski definition) is 0. The standard InChI is InChI=1S/C15H31N/c1-12-8-7-11-15(3,4)14(12)10-9-13(2)16(5)6/h12-14H,7-11H2,1-6H3. The Bertz CT molecular complexity index is 207. The van der Waals surface area contributed by atoms with Crippen LogP contribution in [0.15, 0.2) is 0 Å². The van der Waals surface area contributed by atoms with Crippen LogP contribution in [0.3, 0.4) is 0 Å². The summed E-state index contributed by atoms with van der Waals surface area (Å²) in [4.78, 5) is 2.35. The highest BCUT2D eigenvalue weighted by Gasteiger charge is 2.36. The molecule has 0 aromatic heterocycles. The van der Waals surface area contributed by atoms with Crippen molar-refractivity contribution in [3.05, 3.63) is 0 Å². The molecule has 96 valence electrons. The molecule has 0 amide bonds. The summed E-state index contributed by atoms with van der Waals surface area (Å²) in [6.45, 7) is 9.77. The summed E-state index contributed by atoms with van der Waals surface area (Å²) in [6, 6.07) is 0.727. The van der Waals surface area contributed by atoms with Crippen LogP contribution in [0, 0.1) is 17.3 Å². The van der Waals surface area contributed by atoms with E-state index in [4.69, 9.17) is 0 Å². The average Bonchev–Trinajstić information content (AvgIpc) is 2.15. The van der Waals surface area contributed by atoms with Crippen molar-refractivity contribution in [3.8, 4) is 0 Å². The smallest absolute Gasteiger partial charge is 0.00609 e. The lowest BCUT2D eigenvalue weighted by Gasteiger charge is -2.43. The largest absolute Gasteiger partial charge is 0.307 e. The molecule has 0 spiro atoms. The van der Waals surface area contributed by atoms with E-state index in [1.54, 1.807) is 0 Å². The van der Waals surface area contributed by atoms with Crippen molar-refractivity contribution in [1.82, 2.24) is 4.90 Å². The van der Waals surface area contributed by atoms with Crippen LogP contribution in [0.4, 0.5) is 0 Å². The summed E-state index contributed by atoms with van der Waals surface area (Å²) in [5.41, 5.74) is 0.573. The predicted octanol–water partition coefficient (Wildman–Crippen LogP) is 4.18. The Morgan fingerprint density at radius 3 is 2.44 bits per heavy atom. The van der Waals surface area contributed by atoms with Crippen molar-refractivity contribution >= 4 is 0 Å². The van der Waals surface area contributed by atoms with E-state index in [-0.39, 0.29) is 0 Å². The zero-order chi connectivity index (χ0) is 12.3. The van der Waals surface area contributed by atoms with Crippen LogP contribution in [0.2, 0.25) is 0 Å². The zero-order valence-corrected chi connectivity index (χ0v) is 12.2. The maximum atomic E-state index is 2.48. The molecular formula is C15H31N. The van der Waals surface area contributed by atoms with Gasteiger partial charge in [0.2, 0.25) is 0 Å². The van der Waals surface area contributed by atoms with Gasteiger partial charge in [0, 0.05) is 6.04 Å². The molecule has 1 heteroatoms. The minimum absolute atomic E-state index is 0.573. The summed E-state index contributed by atoms with van der Waals surface area (Å²) >= 11 is 0. The van der Waals surface area contributed by atoms with Gasteiger partial charge in [0.1, 0.15) is 0 Å². The normalized spacial score (nSPS) is 31.7. The van der Waals surface area contributed by atoms with Crippen LogP contribution >= 0.6 is 0 Å². The van der Waals surface area contributed by atoms with Gasteiger partial charge in [-0.15, -0.1) is 0 Å². The summed E-state index contributed by atoms with van der Waals surface area (Å²) in [5, 5.41) is 0. The molecule has 3 unspecified atom stereocenters. The average molecular weight is 225 g/mol. The van der Waals surface area contributed by atoms with Crippen LogP contribution in [-0.2, 0) is 0 Å². The SMILES string of the molecule is CC1CCCC(C)(C)C1CCC(C)N(C)C. The first-order valence-electron chi connectivity index (χ1n) is 7.01. The van der Waals surface area contributed by atoms with Crippen LogP contribution < -0.4 is 0 Å². The molecule has 1 aliphatic carbocycles. The van der Waals surface area contributed by atoms with Crippen LogP contribution in [0.1, 0.15) is 59.8 Å². The second-order valence-electron chi connectivity index (χ2n) is 6.85. The van der Waals surface area contributed by atoms with E-state index in [9.17, 15) is 0 Å². The molecule has 1 nitrogen and oxygen atoms in total. The van der Waals surface area contributed by atoms with Gasteiger partial charge in [-0.25, -0.2) is 0 Å². The molecule has 0 aromatic carbocycles. The quantitative estimate of drug-likeness (QED) is 0.694. The first kappa shape index (κ1) is 14.0. The van der Waals surface area contributed by atoms with Gasteiger partial charge < -0.3 is 4.90 Å². The first-order valence-corrected chi connectivity index (χ1v) is 7.01. The fraction of sp³-hybridized carbons (Fsp3) is 1.00. The minimum atomic E-state index is 0.573. The molecule has 1 rings (SSSR count). The third kappa shape index (κ3) is 3.48. The van der Waals surface area contributed by atoms with Gasteiger partial charge in [0.25, 0.3) is 0 Å². The summed E-state index contributed by atoms with van der Waals surface area (Å²) in [5.74, 6) is 1.86. The Kier molecular flexibility index (Phi) is 4.85. The van der Waals surface area contributed by atoms with Gasteiger partial charge in [-0.1, -0.05) is 33.6 Å². The summed E-state index contributed by atoms with van der Waals surface area (Å²) in [7, 11) is 4.39. The fourth-order valence-corrected chi connectivity index (χ4v) is 3.39. The summed E-state index contributed by atoms with van der Waals surface area (Å²) in [6.07, 6.45) is 7.08.